The minimum atomic E-state index is -1.18. The lowest BCUT2D eigenvalue weighted by Gasteiger charge is -2.21. The zero-order valence-electron chi connectivity index (χ0n) is 15.5. The maximum Gasteiger partial charge on any atom is 0.326 e. The summed E-state index contributed by atoms with van der Waals surface area (Å²) in [6.45, 7) is 9.72. The number of carbonyl (C=O) groups excluding carboxylic acids is 2. The molecule has 0 aliphatic carbocycles. The first-order valence-electron chi connectivity index (χ1n) is 8.36. The highest BCUT2D eigenvalue weighted by Crippen LogP contribution is 2.22. The first kappa shape index (κ1) is 20.7. The van der Waals surface area contributed by atoms with Crippen molar-refractivity contribution in [3.63, 3.8) is 0 Å². The molecular formula is C19H27NO5. The smallest absolute Gasteiger partial charge is 0.326 e. The van der Waals surface area contributed by atoms with Gasteiger partial charge in [0.25, 0.3) is 5.91 Å². The molecule has 138 valence electrons. The van der Waals surface area contributed by atoms with Gasteiger partial charge in [0.15, 0.2) is 0 Å². The van der Waals surface area contributed by atoms with Gasteiger partial charge >= 0.3 is 11.9 Å². The normalized spacial score (nSPS) is 13.6. The van der Waals surface area contributed by atoms with E-state index in [1.165, 1.54) is 0 Å². The average Bonchev–Trinajstić information content (AvgIpc) is 2.51. The second-order valence-electron chi connectivity index (χ2n) is 7.10. The van der Waals surface area contributed by atoms with Gasteiger partial charge in [-0.15, -0.1) is 0 Å². The average molecular weight is 349 g/mol. The molecule has 0 heterocycles. The number of benzene rings is 1. The van der Waals surface area contributed by atoms with Crippen LogP contribution in [-0.2, 0) is 19.7 Å². The van der Waals surface area contributed by atoms with E-state index in [4.69, 9.17) is 4.74 Å². The largest absolute Gasteiger partial charge is 0.480 e. The molecule has 1 rings (SSSR count). The monoisotopic (exact) mass is 349 g/mol. The van der Waals surface area contributed by atoms with Crippen LogP contribution >= 0.6 is 0 Å². The SMILES string of the molecule is CCOC(=O)C[C@H](C)[C@@H](NC(=O)c1ccc(C(C)(C)C)cc1)C(=O)O. The summed E-state index contributed by atoms with van der Waals surface area (Å²) in [6.07, 6.45) is -0.0753. The minimum Gasteiger partial charge on any atom is -0.480 e. The number of ether oxygens (including phenoxy) is 1. The Morgan fingerprint density at radius 1 is 1.16 bits per heavy atom. The fourth-order valence-corrected chi connectivity index (χ4v) is 2.39. The van der Waals surface area contributed by atoms with Gasteiger partial charge in [0.1, 0.15) is 6.04 Å². The lowest BCUT2D eigenvalue weighted by Crippen LogP contribution is -2.45. The fourth-order valence-electron chi connectivity index (χ4n) is 2.39. The highest BCUT2D eigenvalue weighted by atomic mass is 16.5. The van der Waals surface area contributed by atoms with Crippen molar-refractivity contribution >= 4 is 17.8 Å². The molecule has 6 nitrogen and oxygen atoms in total. The van der Waals surface area contributed by atoms with Crippen LogP contribution in [0.3, 0.4) is 0 Å². The van der Waals surface area contributed by atoms with E-state index in [1.54, 1.807) is 26.0 Å². The van der Waals surface area contributed by atoms with E-state index >= 15 is 0 Å². The number of carbonyl (C=O) groups is 3. The van der Waals surface area contributed by atoms with Crippen LogP contribution in [0.25, 0.3) is 0 Å². The number of rotatable bonds is 7. The summed E-state index contributed by atoms with van der Waals surface area (Å²) in [4.78, 5) is 35.4. The molecule has 2 atom stereocenters. The van der Waals surface area contributed by atoms with Crippen LogP contribution < -0.4 is 5.32 Å². The van der Waals surface area contributed by atoms with Crippen LogP contribution in [0.15, 0.2) is 24.3 Å². The van der Waals surface area contributed by atoms with Gasteiger partial charge in [-0.25, -0.2) is 4.79 Å². The molecule has 1 amide bonds. The van der Waals surface area contributed by atoms with E-state index in [0.717, 1.165) is 5.56 Å². The third kappa shape index (κ3) is 6.21. The molecule has 0 aliphatic heterocycles. The lowest BCUT2D eigenvalue weighted by molar-refractivity contribution is -0.145. The maximum absolute atomic E-state index is 12.3. The topological polar surface area (TPSA) is 92.7 Å². The van der Waals surface area contributed by atoms with Gasteiger partial charge < -0.3 is 15.2 Å². The lowest BCUT2D eigenvalue weighted by atomic mass is 9.86. The molecule has 0 saturated heterocycles. The van der Waals surface area contributed by atoms with Crippen molar-refractivity contribution in [2.24, 2.45) is 5.92 Å². The number of hydrogen-bond donors (Lipinski definition) is 2. The number of carboxylic acid groups (broad SMARTS) is 1. The Bertz CT molecular complexity index is 616. The van der Waals surface area contributed by atoms with Gasteiger partial charge in [-0.3, -0.25) is 9.59 Å². The van der Waals surface area contributed by atoms with Crippen LogP contribution in [0.4, 0.5) is 0 Å². The number of hydrogen-bond acceptors (Lipinski definition) is 4. The first-order chi connectivity index (χ1) is 11.6. The van der Waals surface area contributed by atoms with Gasteiger partial charge in [0, 0.05) is 5.56 Å². The zero-order chi connectivity index (χ0) is 19.2. The highest BCUT2D eigenvalue weighted by molar-refractivity contribution is 5.96. The highest BCUT2D eigenvalue weighted by Gasteiger charge is 2.29. The maximum atomic E-state index is 12.3. The molecule has 0 spiro atoms. The molecule has 0 bridgehead atoms. The van der Waals surface area contributed by atoms with Gasteiger partial charge in [0.2, 0.25) is 0 Å². The summed E-state index contributed by atoms with van der Waals surface area (Å²) in [5.41, 5.74) is 1.42. The zero-order valence-corrected chi connectivity index (χ0v) is 15.5. The molecule has 0 unspecified atom stereocenters. The molecular weight excluding hydrogens is 322 g/mol. The minimum absolute atomic E-state index is 0.0350. The summed E-state index contributed by atoms with van der Waals surface area (Å²) in [7, 11) is 0. The summed E-state index contributed by atoms with van der Waals surface area (Å²) >= 11 is 0. The van der Waals surface area contributed by atoms with E-state index in [9.17, 15) is 19.5 Å². The second-order valence-corrected chi connectivity index (χ2v) is 7.10. The predicted octanol–water partition coefficient (Wildman–Crippen LogP) is 2.76. The van der Waals surface area contributed by atoms with Crippen LogP contribution in [-0.4, -0.2) is 35.6 Å². The molecule has 25 heavy (non-hydrogen) atoms. The van der Waals surface area contributed by atoms with Crippen molar-refractivity contribution in [1.82, 2.24) is 5.32 Å². The fraction of sp³-hybridized carbons (Fsp3) is 0.526. The first-order valence-corrected chi connectivity index (χ1v) is 8.36. The van der Waals surface area contributed by atoms with Crippen LogP contribution in [0.1, 0.15) is 57.0 Å². The van der Waals surface area contributed by atoms with E-state index in [0.29, 0.717) is 5.56 Å². The number of carboxylic acids is 1. The second kappa shape index (κ2) is 8.65. The molecule has 0 aliphatic rings. The third-order valence-electron chi connectivity index (χ3n) is 3.93. The molecule has 6 heteroatoms. The number of esters is 1. The van der Waals surface area contributed by atoms with Gasteiger partial charge in [-0.2, -0.15) is 0 Å². The molecule has 0 fully saturated rings. The van der Waals surface area contributed by atoms with Crippen molar-refractivity contribution in [3.05, 3.63) is 35.4 Å². The van der Waals surface area contributed by atoms with Gasteiger partial charge in [-0.1, -0.05) is 39.8 Å². The Kier molecular flexibility index (Phi) is 7.15. The predicted molar refractivity (Wildman–Crippen MR) is 94.4 cm³/mol. The van der Waals surface area contributed by atoms with Crippen molar-refractivity contribution < 1.29 is 24.2 Å². The Labute approximate surface area is 148 Å². The van der Waals surface area contributed by atoms with E-state index in [-0.39, 0.29) is 18.4 Å². The van der Waals surface area contributed by atoms with Crippen LogP contribution in [0.5, 0.6) is 0 Å². The summed E-state index contributed by atoms with van der Waals surface area (Å²) in [5.74, 6) is -2.74. The number of nitrogens with one attached hydrogen (secondary N) is 1. The van der Waals surface area contributed by atoms with Crippen molar-refractivity contribution in [2.45, 2.75) is 52.5 Å². The molecule has 0 saturated carbocycles. The van der Waals surface area contributed by atoms with Crippen molar-refractivity contribution in [3.8, 4) is 0 Å². The van der Waals surface area contributed by atoms with Crippen molar-refractivity contribution in [1.29, 1.82) is 0 Å². The van der Waals surface area contributed by atoms with Crippen LogP contribution in [0, 0.1) is 5.92 Å². The van der Waals surface area contributed by atoms with E-state index < -0.39 is 29.8 Å². The van der Waals surface area contributed by atoms with Crippen molar-refractivity contribution in [2.75, 3.05) is 6.61 Å². The van der Waals surface area contributed by atoms with Gasteiger partial charge in [0.05, 0.1) is 13.0 Å². The Morgan fingerprint density at radius 2 is 1.72 bits per heavy atom. The molecule has 0 aromatic heterocycles. The van der Waals surface area contributed by atoms with Gasteiger partial charge in [-0.05, 0) is 36.0 Å². The molecule has 1 aromatic rings. The Hall–Kier alpha value is -2.37. The molecule has 2 N–H and O–H groups in total. The number of aliphatic carboxylic acids is 1. The Balaban J connectivity index is 2.82. The molecule has 0 radical (unpaired) electrons. The standard InChI is InChI=1S/C19H27NO5/c1-6-25-15(21)11-12(2)16(18(23)24)20-17(22)13-7-9-14(10-8-13)19(3,4)5/h7-10,12,16H,6,11H2,1-5H3,(H,20,22)(H,23,24)/t12-,16+/m0/s1. The third-order valence-corrected chi connectivity index (χ3v) is 3.93. The summed E-state index contributed by atoms with van der Waals surface area (Å²) < 4.78 is 4.83. The summed E-state index contributed by atoms with van der Waals surface area (Å²) in [5, 5.41) is 11.9. The van der Waals surface area contributed by atoms with E-state index in [1.807, 2.05) is 12.1 Å². The van der Waals surface area contributed by atoms with E-state index in [2.05, 4.69) is 26.1 Å². The Morgan fingerprint density at radius 3 is 2.16 bits per heavy atom. The molecule has 1 aromatic carbocycles. The van der Waals surface area contributed by atoms with Crippen LogP contribution in [0.2, 0.25) is 0 Å². The summed E-state index contributed by atoms with van der Waals surface area (Å²) in [6, 6.07) is 5.88. The quantitative estimate of drug-likeness (QED) is 0.738. The number of amides is 1.